The minimum atomic E-state index is -4.79. The van der Waals surface area contributed by atoms with E-state index in [9.17, 15) is 40.7 Å². The first-order valence-corrected chi connectivity index (χ1v) is 13.0. The number of hydrogen-bond donors (Lipinski definition) is 0. The van der Waals surface area contributed by atoms with Gasteiger partial charge in [0.25, 0.3) is 0 Å². The van der Waals surface area contributed by atoms with E-state index in [1.807, 2.05) is 0 Å². The van der Waals surface area contributed by atoms with Crippen LogP contribution in [-0.2, 0) is 18.9 Å². The zero-order valence-corrected chi connectivity index (χ0v) is 23.3. The van der Waals surface area contributed by atoms with Gasteiger partial charge < -0.3 is 14.2 Å². The van der Waals surface area contributed by atoms with E-state index >= 15 is 0 Å². The van der Waals surface area contributed by atoms with Gasteiger partial charge in [0.2, 0.25) is 0 Å². The molecule has 2 heterocycles. The second-order valence-electron chi connectivity index (χ2n) is 10.5. The number of ether oxygens (including phenoxy) is 1. The highest BCUT2D eigenvalue weighted by molar-refractivity contribution is 5.95. The van der Waals surface area contributed by atoms with Gasteiger partial charge in [-0.3, -0.25) is 4.90 Å². The van der Waals surface area contributed by atoms with Gasteiger partial charge in [0.15, 0.2) is 6.17 Å². The zero-order chi connectivity index (χ0) is 32.2. The van der Waals surface area contributed by atoms with Gasteiger partial charge in [-0.15, -0.1) is 4.74 Å². The van der Waals surface area contributed by atoms with Crippen LogP contribution in [0.3, 0.4) is 0 Å². The van der Waals surface area contributed by atoms with E-state index < -0.39 is 58.3 Å². The standard InChI is InChI=1S/C29H24F6N4O5/c1-27(2)23(39-25(41)38(26(42)44-39)21-12-7-10-19(15-21)29(33,34)35)37(20-11-6-9-18(14-20)28(30,31)32)24(40)36(27)16-17-8-4-5-13-22(17)43-3/h4-15,23H,16H2,1-3H3/t23-/m0/s1. The fraction of sp³-hybridized carbons (Fsp3) is 0.276. The molecule has 1 aromatic heterocycles. The maximum atomic E-state index is 14.1. The van der Waals surface area contributed by atoms with E-state index in [2.05, 4.69) is 0 Å². The lowest BCUT2D eigenvalue weighted by Gasteiger charge is -2.34. The van der Waals surface area contributed by atoms with E-state index in [1.54, 1.807) is 24.3 Å². The normalized spacial score (nSPS) is 16.9. The number of methoxy groups -OCH3 is 1. The molecule has 15 heteroatoms. The lowest BCUT2D eigenvalue weighted by molar-refractivity contribution is -0.138. The maximum absolute atomic E-state index is 14.1. The third kappa shape index (κ3) is 5.22. The van der Waals surface area contributed by atoms with Gasteiger partial charge in [0, 0.05) is 11.3 Å². The molecule has 0 bridgehead atoms. The molecular formula is C29H24F6N4O5. The van der Waals surface area contributed by atoms with Gasteiger partial charge in [0.1, 0.15) is 5.75 Å². The number of carbonyl (C=O) groups is 1. The molecule has 1 aliphatic rings. The monoisotopic (exact) mass is 622 g/mol. The zero-order valence-electron chi connectivity index (χ0n) is 23.3. The molecule has 1 atom stereocenters. The Bertz CT molecular complexity index is 1840. The molecular weight excluding hydrogens is 598 g/mol. The smallest absolute Gasteiger partial charge is 0.447 e. The second-order valence-corrected chi connectivity index (χ2v) is 10.5. The summed E-state index contributed by atoms with van der Waals surface area (Å²) >= 11 is 0. The van der Waals surface area contributed by atoms with E-state index in [4.69, 9.17) is 9.26 Å². The van der Waals surface area contributed by atoms with Crippen molar-refractivity contribution in [2.24, 2.45) is 0 Å². The first-order chi connectivity index (χ1) is 20.6. The summed E-state index contributed by atoms with van der Waals surface area (Å²) < 4.78 is 92.6. The molecule has 0 N–H and O–H groups in total. The molecule has 0 spiro atoms. The molecule has 1 fully saturated rings. The quantitative estimate of drug-likeness (QED) is 0.244. The summed E-state index contributed by atoms with van der Waals surface area (Å²) in [5.74, 6) is -0.964. The van der Waals surface area contributed by atoms with E-state index in [-0.39, 0.29) is 12.2 Å². The van der Waals surface area contributed by atoms with Crippen molar-refractivity contribution in [1.82, 2.24) is 14.2 Å². The van der Waals surface area contributed by atoms with Crippen LogP contribution in [-0.4, -0.2) is 32.9 Å². The summed E-state index contributed by atoms with van der Waals surface area (Å²) in [5.41, 5.74) is -5.15. The number of urea groups is 1. The highest BCUT2D eigenvalue weighted by Gasteiger charge is 2.55. The Balaban J connectivity index is 1.70. The topological polar surface area (TPSA) is 89.9 Å². The largest absolute Gasteiger partial charge is 0.496 e. The Morgan fingerprint density at radius 3 is 1.98 bits per heavy atom. The van der Waals surface area contributed by atoms with Crippen LogP contribution < -0.4 is 21.1 Å². The molecule has 2 amide bonds. The van der Waals surface area contributed by atoms with Crippen molar-refractivity contribution < 1.29 is 40.4 Å². The average molecular weight is 623 g/mol. The molecule has 4 aromatic rings. The van der Waals surface area contributed by atoms with Crippen LogP contribution in [0.1, 0.15) is 36.7 Å². The van der Waals surface area contributed by atoms with Crippen molar-refractivity contribution in [2.45, 2.75) is 44.4 Å². The Morgan fingerprint density at radius 2 is 1.39 bits per heavy atom. The summed E-state index contributed by atoms with van der Waals surface area (Å²) in [6, 6.07) is 13.1. The van der Waals surface area contributed by atoms with Gasteiger partial charge in [-0.1, -0.05) is 30.3 Å². The van der Waals surface area contributed by atoms with Crippen molar-refractivity contribution in [3.05, 3.63) is 111 Å². The predicted molar refractivity (Wildman–Crippen MR) is 145 cm³/mol. The van der Waals surface area contributed by atoms with E-state index in [1.165, 1.54) is 31.9 Å². The van der Waals surface area contributed by atoms with Crippen LogP contribution in [0.25, 0.3) is 5.69 Å². The SMILES string of the molecule is COc1ccccc1CN1C(=O)N(c2cccc(C(F)(F)F)c2)[C@@H](n2oc(=O)n(-c3cccc(C(F)(F)F)c3)c2=O)C1(C)C. The average Bonchev–Trinajstić information content (AvgIpc) is 3.35. The van der Waals surface area contributed by atoms with Gasteiger partial charge >= 0.3 is 29.8 Å². The highest BCUT2D eigenvalue weighted by Crippen LogP contribution is 2.44. The second kappa shape index (κ2) is 10.6. The molecule has 5 rings (SSSR count). The molecule has 232 valence electrons. The summed E-state index contributed by atoms with van der Waals surface area (Å²) in [6.45, 7) is 2.88. The Labute approximate surface area is 245 Å². The van der Waals surface area contributed by atoms with Crippen LogP contribution in [0, 0.1) is 0 Å². The Morgan fingerprint density at radius 1 is 0.818 bits per heavy atom. The van der Waals surface area contributed by atoms with Gasteiger partial charge in [0.05, 0.1) is 36.0 Å². The number of carbonyl (C=O) groups excluding carboxylic acids is 1. The predicted octanol–water partition coefficient (Wildman–Crippen LogP) is 6.06. The summed E-state index contributed by atoms with van der Waals surface area (Å²) in [4.78, 5) is 42.9. The van der Waals surface area contributed by atoms with Crippen molar-refractivity contribution >= 4 is 11.7 Å². The molecule has 9 nitrogen and oxygen atoms in total. The van der Waals surface area contributed by atoms with E-state index in [0.29, 0.717) is 32.8 Å². The molecule has 0 aliphatic carbocycles. The summed E-state index contributed by atoms with van der Waals surface area (Å²) in [6.07, 6.45) is -11.1. The summed E-state index contributed by atoms with van der Waals surface area (Å²) in [7, 11) is 1.41. The third-order valence-electron chi connectivity index (χ3n) is 7.37. The van der Waals surface area contributed by atoms with Crippen LogP contribution in [0.15, 0.2) is 86.9 Å². The van der Waals surface area contributed by atoms with Gasteiger partial charge in [-0.2, -0.15) is 30.9 Å². The molecule has 0 unspecified atom stereocenters. The van der Waals surface area contributed by atoms with Crippen molar-refractivity contribution in [3.63, 3.8) is 0 Å². The Kier molecular flexibility index (Phi) is 7.38. The summed E-state index contributed by atoms with van der Waals surface area (Å²) in [5, 5.41) is 0. The van der Waals surface area contributed by atoms with Crippen LogP contribution in [0.2, 0.25) is 0 Å². The molecule has 3 aromatic carbocycles. The number of nitrogens with zero attached hydrogens (tertiary/aromatic N) is 4. The third-order valence-corrected chi connectivity index (χ3v) is 7.37. The highest BCUT2D eigenvalue weighted by atomic mass is 19.4. The molecule has 0 saturated carbocycles. The molecule has 0 radical (unpaired) electrons. The van der Waals surface area contributed by atoms with Crippen LogP contribution in [0.5, 0.6) is 5.75 Å². The minimum absolute atomic E-state index is 0.130. The van der Waals surface area contributed by atoms with Gasteiger partial charge in [-0.25, -0.2) is 14.4 Å². The van der Waals surface area contributed by atoms with Crippen molar-refractivity contribution in [1.29, 1.82) is 0 Å². The lowest BCUT2D eigenvalue weighted by atomic mass is 9.99. The molecule has 1 saturated heterocycles. The van der Waals surface area contributed by atoms with E-state index in [0.717, 1.165) is 35.2 Å². The van der Waals surface area contributed by atoms with Crippen LogP contribution in [0.4, 0.5) is 36.8 Å². The Hall–Kier alpha value is -4.95. The molecule has 1 aliphatic heterocycles. The number of amides is 2. The fourth-order valence-electron chi connectivity index (χ4n) is 5.22. The van der Waals surface area contributed by atoms with Gasteiger partial charge in [-0.05, 0) is 56.3 Å². The fourth-order valence-corrected chi connectivity index (χ4v) is 5.22. The number of aromatic nitrogens is 2. The number of benzene rings is 3. The number of halogens is 6. The first-order valence-electron chi connectivity index (χ1n) is 13.0. The van der Waals surface area contributed by atoms with Crippen LogP contribution >= 0.6 is 0 Å². The number of hydrogen-bond acceptors (Lipinski definition) is 5. The number of anilines is 1. The minimum Gasteiger partial charge on any atom is -0.496 e. The van der Waals surface area contributed by atoms with Crippen molar-refractivity contribution in [2.75, 3.05) is 12.0 Å². The maximum Gasteiger partial charge on any atom is 0.447 e. The number of alkyl halides is 6. The number of rotatable bonds is 6. The molecule has 44 heavy (non-hydrogen) atoms. The lowest BCUT2D eigenvalue weighted by Crippen LogP contribution is -2.46. The number of para-hydroxylation sites is 1. The van der Waals surface area contributed by atoms with Crippen molar-refractivity contribution in [3.8, 4) is 11.4 Å². The first kappa shape index (κ1) is 30.5.